The normalized spacial score (nSPS) is 14.8. The highest BCUT2D eigenvalue weighted by Crippen LogP contribution is 2.39. The molecule has 3 aromatic carbocycles. The smallest absolute Gasteiger partial charge is 0.305 e. The van der Waals surface area contributed by atoms with Gasteiger partial charge in [0.1, 0.15) is 18.3 Å². The van der Waals surface area contributed by atoms with E-state index < -0.39 is 0 Å². The van der Waals surface area contributed by atoms with E-state index in [2.05, 4.69) is 0 Å². The van der Waals surface area contributed by atoms with Gasteiger partial charge >= 0.3 is 5.97 Å². The van der Waals surface area contributed by atoms with Gasteiger partial charge in [0.05, 0.1) is 13.2 Å². The van der Waals surface area contributed by atoms with Crippen molar-refractivity contribution >= 4 is 64.4 Å². The van der Waals surface area contributed by atoms with Crippen molar-refractivity contribution in [2.75, 3.05) is 19.0 Å². The number of carbonyl (C=O) groups is 3. The van der Waals surface area contributed by atoms with Crippen LogP contribution in [0.1, 0.15) is 81.5 Å². The maximum Gasteiger partial charge on any atom is 0.305 e. The molecule has 0 N–H and O–H groups in total. The van der Waals surface area contributed by atoms with E-state index in [4.69, 9.17) is 9.47 Å². The van der Waals surface area contributed by atoms with Crippen molar-refractivity contribution in [3.05, 3.63) is 100 Å². The third-order valence-electron chi connectivity index (χ3n) is 6.80. The number of aldehydes is 2. The topological polar surface area (TPSA) is 69.7 Å². The molecule has 0 saturated carbocycles. The van der Waals surface area contributed by atoms with Crippen LogP contribution in [0.3, 0.4) is 0 Å². The maximum absolute atomic E-state index is 12.1. The fourth-order valence-electron chi connectivity index (χ4n) is 4.37. The van der Waals surface area contributed by atoms with Gasteiger partial charge in [-0.1, -0.05) is 113 Å². The molecule has 1 aliphatic heterocycles. The molecule has 1 heterocycles. The zero-order valence-electron chi connectivity index (χ0n) is 23.6. The molecule has 0 spiro atoms. The van der Waals surface area contributed by atoms with Crippen LogP contribution in [-0.2, 0) is 9.53 Å². The zero-order valence-corrected chi connectivity index (χ0v) is 25.2. The third kappa shape index (κ3) is 10.7. The molecule has 0 aliphatic carbocycles. The molecule has 3 aromatic rings. The molecule has 0 radical (unpaired) electrons. The van der Waals surface area contributed by atoms with Crippen molar-refractivity contribution in [2.45, 2.75) is 43.8 Å². The van der Waals surface area contributed by atoms with Crippen molar-refractivity contribution in [2.24, 2.45) is 0 Å². The molecule has 5 nitrogen and oxygen atoms in total. The number of carbonyl (C=O) groups excluding carboxylic acids is 3. The van der Waals surface area contributed by atoms with Crippen molar-refractivity contribution < 1.29 is 23.9 Å². The van der Waals surface area contributed by atoms with E-state index in [9.17, 15) is 14.4 Å². The zero-order chi connectivity index (χ0) is 29.4. The predicted molar refractivity (Wildman–Crippen MR) is 176 cm³/mol. The van der Waals surface area contributed by atoms with E-state index in [0.29, 0.717) is 37.2 Å². The van der Waals surface area contributed by atoms with E-state index in [-0.39, 0.29) is 5.97 Å². The van der Waals surface area contributed by atoms with E-state index in [1.807, 2.05) is 88.4 Å². The number of esters is 1. The number of hydrogen-bond donors (Lipinski definition) is 0. The lowest BCUT2D eigenvalue weighted by atomic mass is 10.1. The van der Waals surface area contributed by atoms with Crippen LogP contribution < -0.4 is 4.74 Å². The first-order chi connectivity index (χ1) is 20.6. The molecular weight excluding hydrogens is 565 g/mol. The van der Waals surface area contributed by atoms with Crippen molar-refractivity contribution in [3.63, 3.8) is 0 Å². The fraction of sp³-hybridized carbons (Fsp3) is 0.286. The average Bonchev–Trinajstić information content (AvgIpc) is 3.55. The fourth-order valence-corrected chi connectivity index (χ4v) is 7.40. The minimum Gasteiger partial charge on any atom is -0.493 e. The Hall–Kier alpha value is -3.55. The van der Waals surface area contributed by atoms with Crippen LogP contribution in [0.15, 0.2) is 66.7 Å². The lowest BCUT2D eigenvalue weighted by molar-refractivity contribution is -0.144. The van der Waals surface area contributed by atoms with E-state index >= 15 is 0 Å². The van der Waals surface area contributed by atoms with Crippen LogP contribution in [0.4, 0.5) is 0 Å². The largest absolute Gasteiger partial charge is 0.493 e. The van der Waals surface area contributed by atoms with E-state index in [1.165, 1.54) is 18.6 Å². The van der Waals surface area contributed by atoms with Crippen LogP contribution in [0.5, 0.6) is 5.75 Å². The first kappa shape index (κ1) is 31.4. The summed E-state index contributed by atoms with van der Waals surface area (Å²) in [5, 5.41) is 0.745. The monoisotopic (exact) mass is 600 g/mol. The molecule has 218 valence electrons. The molecule has 42 heavy (non-hydrogen) atoms. The summed E-state index contributed by atoms with van der Waals surface area (Å²) in [7, 11) is 3.94. The average molecular weight is 601 g/mol. The molecular formula is C35H36O5S2. The number of rotatable bonds is 16. The highest BCUT2D eigenvalue weighted by atomic mass is 33.1. The quantitative estimate of drug-likeness (QED) is 0.0536. The van der Waals surface area contributed by atoms with E-state index in [1.54, 1.807) is 24.3 Å². The maximum atomic E-state index is 12.1. The highest BCUT2D eigenvalue weighted by molar-refractivity contribution is 8.77. The van der Waals surface area contributed by atoms with Gasteiger partial charge in [-0.2, -0.15) is 0 Å². The lowest BCUT2D eigenvalue weighted by Gasteiger charge is -2.11. The summed E-state index contributed by atoms with van der Waals surface area (Å²) in [5.41, 5.74) is 5.13. The second kappa shape index (κ2) is 17.4. The van der Waals surface area contributed by atoms with Gasteiger partial charge in [0.2, 0.25) is 0 Å². The van der Waals surface area contributed by atoms with Crippen LogP contribution in [0, 0.1) is 0 Å². The first-order valence-electron chi connectivity index (χ1n) is 14.3. The second-order valence-corrected chi connectivity index (χ2v) is 12.8. The summed E-state index contributed by atoms with van der Waals surface area (Å²) >= 11 is 0. The Morgan fingerprint density at radius 1 is 0.738 bits per heavy atom. The summed E-state index contributed by atoms with van der Waals surface area (Å²) in [5.74, 6) is 1.83. The van der Waals surface area contributed by atoms with Crippen molar-refractivity contribution in [3.8, 4) is 5.75 Å². The van der Waals surface area contributed by atoms with Gasteiger partial charge in [0, 0.05) is 40.5 Å². The first-order valence-corrected chi connectivity index (χ1v) is 16.7. The van der Waals surface area contributed by atoms with Crippen LogP contribution in [-0.4, -0.2) is 42.8 Å². The van der Waals surface area contributed by atoms with Gasteiger partial charge in [0.25, 0.3) is 0 Å². The number of benzene rings is 3. The molecule has 1 unspecified atom stereocenters. The molecule has 0 amide bonds. The highest BCUT2D eigenvalue weighted by Gasteiger charge is 2.16. The van der Waals surface area contributed by atoms with Crippen LogP contribution in [0.2, 0.25) is 0 Å². The van der Waals surface area contributed by atoms with Gasteiger partial charge in [-0.15, -0.1) is 0 Å². The van der Waals surface area contributed by atoms with Gasteiger partial charge < -0.3 is 9.47 Å². The Bertz CT molecular complexity index is 1360. The molecule has 1 saturated heterocycles. The van der Waals surface area contributed by atoms with Gasteiger partial charge in [-0.05, 0) is 42.0 Å². The molecule has 0 aromatic heterocycles. The molecule has 1 fully saturated rings. The number of unbranched alkanes of at least 4 members (excludes halogenated alkanes) is 1. The SMILES string of the molecule is O=Cc1ccc(C=Cc2ccc(C=Cc3ccc(C=O)cc3)c(OCCCOC(=O)CCCCC3CCSS3)c2)cc1. The molecule has 7 heteroatoms. The molecule has 1 aliphatic rings. The van der Waals surface area contributed by atoms with Gasteiger partial charge in [-0.3, -0.25) is 14.4 Å². The van der Waals surface area contributed by atoms with Crippen molar-refractivity contribution in [1.29, 1.82) is 0 Å². The standard InChI is InChI=1S/C35H36O5S2/c36-25-30-12-7-27(8-13-30)6-11-29-17-19-32(18-16-28-9-14-31(26-37)15-10-28)34(24-29)39-21-3-22-40-35(38)5-2-1-4-33-20-23-41-42-33/h6-19,24-26,33H,1-5,20-23H2. The lowest BCUT2D eigenvalue weighted by Crippen LogP contribution is -2.09. The molecule has 4 rings (SSSR count). The second-order valence-electron chi connectivity index (χ2n) is 10.0. The summed E-state index contributed by atoms with van der Waals surface area (Å²) < 4.78 is 11.6. The Balaban J connectivity index is 1.31. The minimum atomic E-state index is -0.138. The number of ether oxygens (including phenoxy) is 2. The van der Waals surface area contributed by atoms with Gasteiger partial charge in [0.15, 0.2) is 0 Å². The van der Waals surface area contributed by atoms with Crippen LogP contribution in [0.25, 0.3) is 24.3 Å². The Kier molecular flexibility index (Phi) is 13.0. The minimum absolute atomic E-state index is 0.138. The van der Waals surface area contributed by atoms with Gasteiger partial charge in [-0.25, -0.2) is 0 Å². The van der Waals surface area contributed by atoms with Crippen LogP contribution >= 0.6 is 21.6 Å². The third-order valence-corrected chi connectivity index (χ3v) is 9.81. The van der Waals surface area contributed by atoms with Crippen molar-refractivity contribution in [1.82, 2.24) is 0 Å². The summed E-state index contributed by atoms with van der Waals surface area (Å²) in [6.07, 6.45) is 15.1. The number of hydrogen-bond acceptors (Lipinski definition) is 7. The molecule has 1 atom stereocenters. The predicted octanol–water partition coefficient (Wildman–Crippen LogP) is 8.68. The summed E-state index contributed by atoms with van der Waals surface area (Å²) in [6, 6.07) is 20.8. The Morgan fingerprint density at radius 3 is 2.00 bits per heavy atom. The Morgan fingerprint density at radius 2 is 1.36 bits per heavy atom. The van der Waals surface area contributed by atoms with E-state index in [0.717, 1.165) is 58.7 Å². The summed E-state index contributed by atoms with van der Waals surface area (Å²) in [4.78, 5) is 34.0. The summed E-state index contributed by atoms with van der Waals surface area (Å²) in [6.45, 7) is 0.748. The molecule has 0 bridgehead atoms. The Labute approximate surface area is 256 Å².